The van der Waals surface area contributed by atoms with Crippen molar-refractivity contribution in [1.82, 2.24) is 24.6 Å². The fourth-order valence-electron chi connectivity index (χ4n) is 4.01. The van der Waals surface area contributed by atoms with Crippen molar-refractivity contribution >= 4 is 35.0 Å². The molecule has 4 N–H and O–H groups in total. The number of methoxy groups -OCH3 is 1. The number of nitrogens with one attached hydrogen (secondary N) is 2. The average molecular weight is 507 g/mol. The van der Waals surface area contributed by atoms with E-state index in [1.54, 1.807) is 30.3 Å². The van der Waals surface area contributed by atoms with E-state index < -0.39 is 5.91 Å². The van der Waals surface area contributed by atoms with Crippen LogP contribution >= 0.6 is 0 Å². The van der Waals surface area contributed by atoms with Gasteiger partial charge in [0.05, 0.1) is 30.2 Å². The van der Waals surface area contributed by atoms with Crippen LogP contribution < -0.4 is 21.1 Å². The molecule has 37 heavy (non-hydrogen) atoms. The molecular weight excluding hydrogens is 476 g/mol. The van der Waals surface area contributed by atoms with Gasteiger partial charge in [0.2, 0.25) is 11.9 Å². The number of carbonyl (C=O) groups is 2. The van der Waals surface area contributed by atoms with Crippen LogP contribution in [0.4, 0.5) is 23.1 Å². The number of amides is 2. The molecule has 194 valence electrons. The van der Waals surface area contributed by atoms with Gasteiger partial charge >= 0.3 is 0 Å². The summed E-state index contributed by atoms with van der Waals surface area (Å²) >= 11 is 0. The first-order valence-electron chi connectivity index (χ1n) is 11.9. The van der Waals surface area contributed by atoms with E-state index in [0.29, 0.717) is 43.4 Å². The smallest absolute Gasteiger partial charge is 0.254 e. The van der Waals surface area contributed by atoms with E-state index >= 15 is 0 Å². The molecule has 1 fully saturated rings. The molecule has 1 aliphatic heterocycles. The number of aromatic nitrogens is 4. The Labute approximate surface area is 214 Å². The Balaban J connectivity index is 1.51. The van der Waals surface area contributed by atoms with Gasteiger partial charge in [0.15, 0.2) is 0 Å². The van der Waals surface area contributed by atoms with E-state index in [0.717, 1.165) is 12.8 Å². The largest absolute Gasteiger partial charge is 0.489 e. The molecule has 12 nitrogen and oxygen atoms in total. The van der Waals surface area contributed by atoms with Crippen molar-refractivity contribution < 1.29 is 19.1 Å². The SMILES string of the molecule is C=CC(=O)N1CCC[C@@H](n2cc(Nc3ncc(C(N)=O)c(Nc4ccccc4OCCOC)n3)cn2)C1. The summed E-state index contributed by atoms with van der Waals surface area (Å²) in [5.41, 5.74) is 6.95. The summed E-state index contributed by atoms with van der Waals surface area (Å²) in [6, 6.07) is 7.33. The number of likely N-dealkylation sites (tertiary alicyclic amines) is 1. The van der Waals surface area contributed by atoms with Crippen LogP contribution in [0.1, 0.15) is 29.2 Å². The summed E-state index contributed by atoms with van der Waals surface area (Å²) < 4.78 is 12.6. The van der Waals surface area contributed by atoms with Crippen molar-refractivity contribution in [2.24, 2.45) is 5.73 Å². The normalized spacial score (nSPS) is 15.2. The van der Waals surface area contributed by atoms with E-state index in [1.165, 1.54) is 12.3 Å². The third kappa shape index (κ3) is 6.41. The molecule has 0 spiro atoms. The molecule has 0 aliphatic carbocycles. The van der Waals surface area contributed by atoms with Crippen molar-refractivity contribution in [1.29, 1.82) is 0 Å². The molecule has 2 aromatic heterocycles. The molecule has 3 heterocycles. The number of benzene rings is 1. The Morgan fingerprint density at radius 2 is 2.08 bits per heavy atom. The van der Waals surface area contributed by atoms with Crippen molar-refractivity contribution in [3.05, 3.63) is 61.1 Å². The summed E-state index contributed by atoms with van der Waals surface area (Å²) in [4.78, 5) is 34.5. The quantitative estimate of drug-likeness (QED) is 0.263. The molecule has 3 aromatic rings. The van der Waals surface area contributed by atoms with Gasteiger partial charge in [-0.1, -0.05) is 18.7 Å². The number of hydrogen-bond acceptors (Lipinski definition) is 9. The number of carbonyl (C=O) groups excluding carboxylic acids is 2. The zero-order valence-electron chi connectivity index (χ0n) is 20.6. The van der Waals surface area contributed by atoms with Crippen LogP contribution in [0, 0.1) is 0 Å². The zero-order chi connectivity index (χ0) is 26.2. The number of nitrogens with two attached hydrogens (primary N) is 1. The summed E-state index contributed by atoms with van der Waals surface area (Å²) in [6.45, 7) is 5.64. The van der Waals surface area contributed by atoms with Gasteiger partial charge in [0, 0.05) is 32.6 Å². The Hall–Kier alpha value is -4.45. The zero-order valence-corrected chi connectivity index (χ0v) is 20.6. The van der Waals surface area contributed by atoms with Crippen LogP contribution in [0.3, 0.4) is 0 Å². The van der Waals surface area contributed by atoms with Gasteiger partial charge in [-0.2, -0.15) is 10.1 Å². The number of rotatable bonds is 11. The minimum Gasteiger partial charge on any atom is -0.489 e. The lowest BCUT2D eigenvalue weighted by Crippen LogP contribution is -2.39. The van der Waals surface area contributed by atoms with Gasteiger partial charge in [0.25, 0.3) is 5.91 Å². The second-order valence-corrected chi connectivity index (χ2v) is 8.40. The summed E-state index contributed by atoms with van der Waals surface area (Å²) in [6.07, 6.45) is 7.98. The monoisotopic (exact) mass is 506 g/mol. The Kier molecular flexibility index (Phi) is 8.31. The molecular formula is C25H30N8O4. The second-order valence-electron chi connectivity index (χ2n) is 8.40. The summed E-state index contributed by atoms with van der Waals surface area (Å²) in [5, 5.41) is 10.7. The predicted octanol–water partition coefficient (Wildman–Crippen LogP) is 2.63. The van der Waals surface area contributed by atoms with E-state index in [-0.39, 0.29) is 29.3 Å². The Morgan fingerprint density at radius 1 is 1.24 bits per heavy atom. The third-order valence-electron chi connectivity index (χ3n) is 5.85. The van der Waals surface area contributed by atoms with Crippen molar-refractivity contribution in [2.45, 2.75) is 18.9 Å². The predicted molar refractivity (Wildman–Crippen MR) is 138 cm³/mol. The van der Waals surface area contributed by atoms with Gasteiger partial charge in [-0.05, 0) is 31.1 Å². The third-order valence-corrected chi connectivity index (χ3v) is 5.85. The highest BCUT2D eigenvalue weighted by Crippen LogP contribution is 2.29. The van der Waals surface area contributed by atoms with Crippen LogP contribution in [-0.2, 0) is 9.53 Å². The van der Waals surface area contributed by atoms with Crippen LogP contribution in [0.2, 0.25) is 0 Å². The number of primary amides is 1. The molecule has 12 heteroatoms. The number of ether oxygens (including phenoxy) is 2. The van der Waals surface area contributed by atoms with Crippen LogP contribution in [0.25, 0.3) is 0 Å². The van der Waals surface area contributed by atoms with E-state index in [9.17, 15) is 9.59 Å². The van der Waals surface area contributed by atoms with E-state index in [1.807, 2.05) is 23.0 Å². The molecule has 1 atom stereocenters. The maximum Gasteiger partial charge on any atom is 0.254 e. The van der Waals surface area contributed by atoms with E-state index in [2.05, 4.69) is 32.3 Å². The van der Waals surface area contributed by atoms with Crippen LogP contribution in [0.5, 0.6) is 5.75 Å². The van der Waals surface area contributed by atoms with Crippen LogP contribution in [-0.4, -0.2) is 69.9 Å². The van der Waals surface area contributed by atoms with Crippen molar-refractivity contribution in [3.63, 3.8) is 0 Å². The topological polar surface area (TPSA) is 150 Å². The molecule has 0 saturated carbocycles. The molecule has 0 bridgehead atoms. The summed E-state index contributed by atoms with van der Waals surface area (Å²) in [7, 11) is 1.60. The standard InChI is InChI=1S/C25H30N8O4/c1-3-22(34)32-10-6-7-18(16-32)33-15-17(13-28-33)29-25-27-14-19(23(26)35)24(31-25)30-20-8-4-5-9-21(20)37-12-11-36-2/h3-5,8-9,13-15,18H,1,6-7,10-12,16H2,2H3,(H2,26,35)(H2,27,29,30,31)/t18-/m1/s1. The number of hydrogen-bond donors (Lipinski definition) is 3. The Bertz CT molecular complexity index is 1260. The second kappa shape index (κ2) is 12.0. The molecule has 0 unspecified atom stereocenters. The number of para-hydroxylation sites is 2. The highest BCUT2D eigenvalue weighted by atomic mass is 16.5. The van der Waals surface area contributed by atoms with E-state index in [4.69, 9.17) is 15.2 Å². The fourth-order valence-corrected chi connectivity index (χ4v) is 4.01. The number of nitrogens with zero attached hydrogens (tertiary/aromatic N) is 5. The van der Waals surface area contributed by atoms with Gasteiger partial charge < -0.3 is 30.7 Å². The number of anilines is 4. The first kappa shape index (κ1) is 25.6. The molecule has 1 saturated heterocycles. The van der Waals surface area contributed by atoms with Crippen molar-refractivity contribution in [2.75, 3.05) is 44.0 Å². The maximum atomic E-state index is 12.0. The first-order chi connectivity index (χ1) is 18.0. The van der Waals surface area contributed by atoms with Gasteiger partial charge in [-0.15, -0.1) is 0 Å². The van der Waals surface area contributed by atoms with Crippen LogP contribution in [0.15, 0.2) is 55.5 Å². The highest BCUT2D eigenvalue weighted by molar-refractivity contribution is 5.98. The van der Waals surface area contributed by atoms with Gasteiger partial charge in [-0.3, -0.25) is 14.3 Å². The maximum absolute atomic E-state index is 12.0. The van der Waals surface area contributed by atoms with Gasteiger partial charge in [-0.25, -0.2) is 4.98 Å². The fraction of sp³-hybridized carbons (Fsp3) is 0.320. The number of piperidine rings is 1. The average Bonchev–Trinajstić information content (AvgIpc) is 3.38. The lowest BCUT2D eigenvalue weighted by molar-refractivity contribution is -0.127. The highest BCUT2D eigenvalue weighted by Gasteiger charge is 2.24. The molecule has 0 radical (unpaired) electrons. The first-order valence-corrected chi connectivity index (χ1v) is 11.9. The van der Waals surface area contributed by atoms with Gasteiger partial charge in [0.1, 0.15) is 23.7 Å². The molecule has 4 rings (SSSR count). The van der Waals surface area contributed by atoms with Crippen molar-refractivity contribution in [3.8, 4) is 5.75 Å². The minimum absolute atomic E-state index is 0.0539. The summed E-state index contributed by atoms with van der Waals surface area (Å²) in [5.74, 6) is 0.295. The molecule has 1 aliphatic rings. The lowest BCUT2D eigenvalue weighted by atomic mass is 10.1. The Morgan fingerprint density at radius 3 is 2.86 bits per heavy atom. The lowest BCUT2D eigenvalue weighted by Gasteiger charge is -2.32. The molecule has 2 amide bonds. The minimum atomic E-state index is -0.671. The molecule has 1 aromatic carbocycles.